The van der Waals surface area contributed by atoms with E-state index in [1.165, 1.54) is 23.3 Å². The largest absolute Gasteiger partial charge is 0.345 e. The summed E-state index contributed by atoms with van der Waals surface area (Å²) < 4.78 is 0. The van der Waals surface area contributed by atoms with Crippen LogP contribution in [0.25, 0.3) is 0 Å². The van der Waals surface area contributed by atoms with E-state index >= 15 is 0 Å². The number of amides is 1. The van der Waals surface area contributed by atoms with E-state index in [4.69, 9.17) is 0 Å². The summed E-state index contributed by atoms with van der Waals surface area (Å²) in [5.74, 6) is -0.129. The quantitative estimate of drug-likeness (QED) is 0.484. The van der Waals surface area contributed by atoms with Crippen LogP contribution in [0.3, 0.4) is 0 Å². The van der Waals surface area contributed by atoms with Gasteiger partial charge in [0.2, 0.25) is 0 Å². The number of hydrogen-bond acceptors (Lipinski definition) is 4. The summed E-state index contributed by atoms with van der Waals surface area (Å²) in [6.07, 6.45) is 6.31. The fourth-order valence-electron chi connectivity index (χ4n) is 3.41. The van der Waals surface area contributed by atoms with Gasteiger partial charge >= 0.3 is 0 Å². The minimum atomic E-state index is -0.129. The predicted molar refractivity (Wildman–Crippen MR) is 117 cm³/mol. The molecule has 0 radical (unpaired) electrons. The Balaban J connectivity index is 1.37. The highest BCUT2D eigenvalue weighted by Crippen LogP contribution is 2.29. The SMILES string of the molecule is CN(c1ccccc1)c1ccc(C=NNC(=O)c2cc3c(s2)CCCC3)cc1. The van der Waals surface area contributed by atoms with E-state index in [-0.39, 0.29) is 5.91 Å². The molecule has 142 valence electrons. The van der Waals surface area contributed by atoms with Crippen molar-refractivity contribution in [3.05, 3.63) is 81.5 Å². The highest BCUT2D eigenvalue weighted by Gasteiger charge is 2.16. The van der Waals surface area contributed by atoms with Crippen LogP contribution in [-0.2, 0) is 12.8 Å². The van der Waals surface area contributed by atoms with Crippen molar-refractivity contribution >= 4 is 34.8 Å². The minimum Gasteiger partial charge on any atom is -0.345 e. The number of hydrazone groups is 1. The molecular formula is C23H23N3OS. The Hall–Kier alpha value is -2.92. The molecule has 1 aliphatic carbocycles. The molecule has 0 bridgehead atoms. The van der Waals surface area contributed by atoms with Crippen LogP contribution in [0.5, 0.6) is 0 Å². The van der Waals surface area contributed by atoms with Crippen LogP contribution in [0, 0.1) is 0 Å². The molecule has 2 aromatic carbocycles. The lowest BCUT2D eigenvalue weighted by Gasteiger charge is -2.19. The third kappa shape index (κ3) is 4.15. The van der Waals surface area contributed by atoms with Crippen LogP contribution in [-0.4, -0.2) is 19.2 Å². The molecule has 4 rings (SSSR count). The normalized spacial score (nSPS) is 13.3. The van der Waals surface area contributed by atoms with Crippen molar-refractivity contribution in [2.45, 2.75) is 25.7 Å². The van der Waals surface area contributed by atoms with Crippen LogP contribution < -0.4 is 10.3 Å². The Morgan fingerprint density at radius 1 is 1.04 bits per heavy atom. The zero-order valence-corrected chi connectivity index (χ0v) is 16.7. The number of nitrogens with zero attached hydrogens (tertiary/aromatic N) is 2. The maximum Gasteiger partial charge on any atom is 0.281 e. The van der Waals surface area contributed by atoms with E-state index in [0.717, 1.165) is 34.7 Å². The van der Waals surface area contributed by atoms with Gasteiger partial charge in [0.1, 0.15) is 0 Å². The summed E-state index contributed by atoms with van der Waals surface area (Å²) in [7, 11) is 2.04. The van der Waals surface area contributed by atoms with Crippen molar-refractivity contribution < 1.29 is 4.79 Å². The van der Waals surface area contributed by atoms with Crippen LogP contribution in [0.15, 0.2) is 65.8 Å². The fraction of sp³-hybridized carbons (Fsp3) is 0.217. The number of thiophene rings is 1. The van der Waals surface area contributed by atoms with Crippen LogP contribution in [0.4, 0.5) is 11.4 Å². The van der Waals surface area contributed by atoms with E-state index < -0.39 is 0 Å². The first-order valence-electron chi connectivity index (χ1n) is 9.54. The van der Waals surface area contributed by atoms with Crippen molar-refractivity contribution in [3.63, 3.8) is 0 Å². The molecule has 0 aliphatic heterocycles. The number of nitrogens with one attached hydrogen (secondary N) is 1. The van der Waals surface area contributed by atoms with Gasteiger partial charge in [-0.1, -0.05) is 30.3 Å². The standard InChI is InChI=1S/C23H23N3OS/c1-26(19-8-3-2-4-9-19)20-13-11-17(12-14-20)16-24-25-23(27)22-15-18-7-5-6-10-21(18)28-22/h2-4,8-9,11-16H,5-7,10H2,1H3,(H,25,27). The maximum absolute atomic E-state index is 12.3. The Bertz CT molecular complexity index is 953. The molecule has 1 aliphatic rings. The van der Waals surface area contributed by atoms with E-state index in [1.807, 2.05) is 55.6 Å². The number of carbonyl (C=O) groups excluding carboxylic acids is 1. The molecule has 1 heterocycles. The molecule has 28 heavy (non-hydrogen) atoms. The van der Waals surface area contributed by atoms with Crippen LogP contribution in [0.1, 0.15) is 38.5 Å². The molecular weight excluding hydrogens is 366 g/mol. The smallest absolute Gasteiger partial charge is 0.281 e. The third-order valence-electron chi connectivity index (χ3n) is 5.02. The van der Waals surface area contributed by atoms with Crippen molar-refractivity contribution in [2.24, 2.45) is 5.10 Å². The first-order chi connectivity index (χ1) is 13.7. The zero-order chi connectivity index (χ0) is 19.3. The van der Waals surface area contributed by atoms with Gasteiger partial charge in [-0.25, -0.2) is 5.43 Å². The topological polar surface area (TPSA) is 44.7 Å². The first-order valence-corrected chi connectivity index (χ1v) is 10.4. The molecule has 0 fully saturated rings. The average molecular weight is 390 g/mol. The molecule has 4 nitrogen and oxygen atoms in total. The lowest BCUT2D eigenvalue weighted by Crippen LogP contribution is -2.16. The Kier molecular flexibility index (Phi) is 5.53. The van der Waals surface area contributed by atoms with Gasteiger partial charge in [0.05, 0.1) is 11.1 Å². The molecule has 0 saturated heterocycles. The Morgan fingerprint density at radius 2 is 1.75 bits per heavy atom. The monoisotopic (exact) mass is 389 g/mol. The van der Waals surface area contributed by atoms with Gasteiger partial charge in [0, 0.05) is 23.3 Å². The number of fused-ring (bicyclic) bond motifs is 1. The van der Waals surface area contributed by atoms with Gasteiger partial charge in [-0.3, -0.25) is 4.79 Å². The number of anilines is 2. The molecule has 0 atom stereocenters. The van der Waals surface area contributed by atoms with Crippen molar-refractivity contribution in [3.8, 4) is 0 Å². The van der Waals surface area contributed by atoms with Gasteiger partial charge in [-0.2, -0.15) is 5.10 Å². The number of carbonyl (C=O) groups is 1. The summed E-state index contributed by atoms with van der Waals surface area (Å²) in [5, 5.41) is 4.13. The molecule has 0 unspecified atom stereocenters. The summed E-state index contributed by atoms with van der Waals surface area (Å²) in [6, 6.07) is 20.3. The molecule has 3 aromatic rings. The second-order valence-corrected chi connectivity index (χ2v) is 8.09. The van der Waals surface area contributed by atoms with E-state index in [9.17, 15) is 4.79 Å². The summed E-state index contributed by atoms with van der Waals surface area (Å²) >= 11 is 1.60. The molecule has 5 heteroatoms. The molecule has 0 spiro atoms. The van der Waals surface area contributed by atoms with E-state index in [1.54, 1.807) is 17.6 Å². The van der Waals surface area contributed by atoms with Gasteiger partial charge in [-0.15, -0.1) is 11.3 Å². The lowest BCUT2D eigenvalue weighted by molar-refractivity contribution is 0.0959. The van der Waals surface area contributed by atoms with Crippen molar-refractivity contribution in [1.82, 2.24) is 5.43 Å². The van der Waals surface area contributed by atoms with Crippen LogP contribution in [0.2, 0.25) is 0 Å². The third-order valence-corrected chi connectivity index (χ3v) is 6.26. The molecule has 1 aromatic heterocycles. The summed E-state index contributed by atoms with van der Waals surface area (Å²) in [5.41, 5.74) is 7.16. The fourth-order valence-corrected chi connectivity index (χ4v) is 4.55. The number of hydrogen-bond donors (Lipinski definition) is 1. The number of para-hydroxylation sites is 1. The van der Waals surface area contributed by atoms with Crippen molar-refractivity contribution in [1.29, 1.82) is 0 Å². The van der Waals surface area contributed by atoms with E-state index in [2.05, 4.69) is 27.6 Å². The first kappa shape index (κ1) is 18.4. The minimum absolute atomic E-state index is 0.129. The number of aryl methyl sites for hydroxylation is 2. The number of rotatable bonds is 5. The second kappa shape index (κ2) is 8.40. The highest BCUT2D eigenvalue weighted by molar-refractivity contribution is 7.14. The van der Waals surface area contributed by atoms with E-state index in [0.29, 0.717) is 0 Å². The molecule has 1 N–H and O–H groups in total. The average Bonchev–Trinajstić information content (AvgIpc) is 3.19. The molecule has 0 saturated carbocycles. The Labute approximate surface area is 169 Å². The van der Waals surface area contributed by atoms with Crippen LogP contribution >= 0.6 is 11.3 Å². The zero-order valence-electron chi connectivity index (χ0n) is 15.9. The lowest BCUT2D eigenvalue weighted by atomic mass is 9.99. The predicted octanol–water partition coefficient (Wildman–Crippen LogP) is 5.16. The summed E-state index contributed by atoms with van der Waals surface area (Å²) in [6.45, 7) is 0. The van der Waals surface area contributed by atoms with Gasteiger partial charge < -0.3 is 4.90 Å². The maximum atomic E-state index is 12.3. The number of benzene rings is 2. The van der Waals surface area contributed by atoms with Gasteiger partial charge in [-0.05, 0) is 67.1 Å². The second-order valence-electron chi connectivity index (χ2n) is 6.95. The highest BCUT2D eigenvalue weighted by atomic mass is 32.1. The van der Waals surface area contributed by atoms with Gasteiger partial charge in [0.25, 0.3) is 5.91 Å². The Morgan fingerprint density at radius 3 is 2.50 bits per heavy atom. The van der Waals surface area contributed by atoms with Gasteiger partial charge in [0.15, 0.2) is 0 Å². The molecule has 1 amide bonds. The summed E-state index contributed by atoms with van der Waals surface area (Å²) in [4.78, 5) is 16.6. The van der Waals surface area contributed by atoms with Crippen molar-refractivity contribution in [2.75, 3.05) is 11.9 Å².